The minimum absolute atomic E-state index is 0.128. The molecule has 0 saturated carbocycles. The summed E-state index contributed by atoms with van der Waals surface area (Å²) < 4.78 is 13.5. The van der Waals surface area contributed by atoms with Gasteiger partial charge in [0.15, 0.2) is 0 Å². The summed E-state index contributed by atoms with van der Waals surface area (Å²) >= 11 is 1.93. The summed E-state index contributed by atoms with van der Waals surface area (Å²) in [7, 11) is 0. The summed E-state index contributed by atoms with van der Waals surface area (Å²) in [6.07, 6.45) is 1.06. The fourth-order valence-electron chi connectivity index (χ4n) is 2.94. The molecule has 2 atom stereocenters. The molecule has 0 saturated heterocycles. The number of halogens is 1. The molecule has 1 aliphatic rings. The predicted molar refractivity (Wildman–Crippen MR) is 87.3 cm³/mol. The van der Waals surface area contributed by atoms with Crippen LogP contribution in [0, 0.1) is 12.7 Å². The third-order valence-electron chi connectivity index (χ3n) is 4.01. The van der Waals surface area contributed by atoms with Crippen molar-refractivity contribution >= 4 is 11.8 Å². The third-order valence-corrected chi connectivity index (χ3v) is 5.40. The SMILES string of the molecule is CCNC(c1ccc(F)c(C)c1)C1Cc2ccccc2S1. The summed E-state index contributed by atoms with van der Waals surface area (Å²) in [6.45, 7) is 4.86. The van der Waals surface area contributed by atoms with Crippen LogP contribution >= 0.6 is 11.8 Å². The number of fused-ring (bicyclic) bond motifs is 1. The van der Waals surface area contributed by atoms with Crippen LogP contribution in [0.5, 0.6) is 0 Å². The Labute approximate surface area is 130 Å². The van der Waals surface area contributed by atoms with Crippen molar-refractivity contribution in [1.29, 1.82) is 0 Å². The van der Waals surface area contributed by atoms with E-state index in [4.69, 9.17) is 0 Å². The number of aryl methyl sites for hydroxylation is 1. The molecule has 1 N–H and O–H groups in total. The molecule has 3 rings (SSSR count). The second kappa shape index (κ2) is 6.20. The molecule has 1 aliphatic heterocycles. The van der Waals surface area contributed by atoms with Gasteiger partial charge in [-0.05, 0) is 48.7 Å². The van der Waals surface area contributed by atoms with Gasteiger partial charge in [-0.25, -0.2) is 4.39 Å². The summed E-state index contributed by atoms with van der Waals surface area (Å²) in [5, 5.41) is 4.04. The summed E-state index contributed by atoms with van der Waals surface area (Å²) in [5.41, 5.74) is 3.33. The van der Waals surface area contributed by atoms with Crippen molar-refractivity contribution in [2.45, 2.75) is 36.5 Å². The third kappa shape index (κ3) is 2.99. The van der Waals surface area contributed by atoms with Crippen molar-refractivity contribution in [3.05, 3.63) is 65.0 Å². The van der Waals surface area contributed by atoms with Crippen LogP contribution in [-0.2, 0) is 6.42 Å². The van der Waals surface area contributed by atoms with Crippen molar-refractivity contribution in [2.75, 3.05) is 6.54 Å². The van der Waals surface area contributed by atoms with Crippen molar-refractivity contribution in [3.8, 4) is 0 Å². The molecule has 2 aromatic carbocycles. The van der Waals surface area contributed by atoms with Gasteiger partial charge in [0.1, 0.15) is 5.82 Å². The maximum atomic E-state index is 13.5. The number of rotatable bonds is 4. The van der Waals surface area contributed by atoms with E-state index in [1.807, 2.05) is 30.8 Å². The van der Waals surface area contributed by atoms with Crippen LogP contribution in [0.15, 0.2) is 47.4 Å². The van der Waals surface area contributed by atoms with Crippen LogP contribution in [0.25, 0.3) is 0 Å². The van der Waals surface area contributed by atoms with Gasteiger partial charge in [0, 0.05) is 16.2 Å². The monoisotopic (exact) mass is 301 g/mol. The predicted octanol–water partition coefficient (Wildman–Crippen LogP) is 4.50. The largest absolute Gasteiger partial charge is 0.309 e. The molecular weight excluding hydrogens is 281 g/mol. The number of hydrogen-bond donors (Lipinski definition) is 1. The molecule has 110 valence electrons. The summed E-state index contributed by atoms with van der Waals surface area (Å²) in [6, 6.07) is 14.3. The van der Waals surface area contributed by atoms with E-state index in [2.05, 4.69) is 36.5 Å². The van der Waals surface area contributed by atoms with E-state index in [9.17, 15) is 4.39 Å². The second-order valence-corrected chi connectivity index (χ2v) is 6.79. The highest BCUT2D eigenvalue weighted by Crippen LogP contribution is 2.42. The number of benzene rings is 2. The minimum Gasteiger partial charge on any atom is -0.309 e. The van der Waals surface area contributed by atoms with Crippen LogP contribution in [0.3, 0.4) is 0 Å². The number of hydrogen-bond acceptors (Lipinski definition) is 2. The first-order valence-corrected chi connectivity index (χ1v) is 8.31. The molecule has 0 spiro atoms. The topological polar surface area (TPSA) is 12.0 Å². The second-order valence-electron chi connectivity index (χ2n) is 5.51. The fourth-order valence-corrected chi connectivity index (χ4v) is 4.38. The Kier molecular flexibility index (Phi) is 4.32. The van der Waals surface area contributed by atoms with Gasteiger partial charge in [-0.2, -0.15) is 0 Å². The van der Waals surface area contributed by atoms with Crippen molar-refractivity contribution in [3.63, 3.8) is 0 Å². The Morgan fingerprint density at radius 2 is 2.10 bits per heavy atom. The Bertz CT molecular complexity index is 616. The van der Waals surface area contributed by atoms with Crippen LogP contribution in [-0.4, -0.2) is 11.8 Å². The maximum Gasteiger partial charge on any atom is 0.126 e. The Morgan fingerprint density at radius 3 is 2.81 bits per heavy atom. The van der Waals surface area contributed by atoms with Gasteiger partial charge in [-0.3, -0.25) is 0 Å². The first-order valence-electron chi connectivity index (χ1n) is 7.43. The molecule has 0 aliphatic carbocycles. The molecule has 0 radical (unpaired) electrons. The van der Waals surface area contributed by atoms with Crippen LogP contribution in [0.4, 0.5) is 4.39 Å². The molecule has 0 bridgehead atoms. The molecule has 3 heteroatoms. The van der Waals surface area contributed by atoms with E-state index in [0.29, 0.717) is 5.25 Å². The van der Waals surface area contributed by atoms with Gasteiger partial charge in [-0.15, -0.1) is 11.8 Å². The zero-order valence-electron chi connectivity index (χ0n) is 12.4. The van der Waals surface area contributed by atoms with Gasteiger partial charge in [-0.1, -0.05) is 37.3 Å². The van der Waals surface area contributed by atoms with E-state index in [1.54, 1.807) is 6.07 Å². The standard InChI is InChI=1S/C18H20FNS/c1-3-20-18(14-8-9-15(19)12(2)10-14)17-11-13-6-4-5-7-16(13)21-17/h4-10,17-18,20H,3,11H2,1-2H3. The summed E-state index contributed by atoms with van der Waals surface area (Å²) in [5.74, 6) is -0.128. The smallest absolute Gasteiger partial charge is 0.126 e. The highest BCUT2D eigenvalue weighted by molar-refractivity contribution is 8.00. The molecule has 0 aromatic heterocycles. The van der Waals surface area contributed by atoms with Crippen molar-refractivity contribution in [2.24, 2.45) is 0 Å². The van der Waals surface area contributed by atoms with E-state index in [-0.39, 0.29) is 11.9 Å². The van der Waals surface area contributed by atoms with Gasteiger partial charge in [0.2, 0.25) is 0 Å². The van der Waals surface area contributed by atoms with Crippen LogP contribution in [0.2, 0.25) is 0 Å². The first-order chi connectivity index (χ1) is 10.2. The molecule has 1 nitrogen and oxygen atoms in total. The van der Waals surface area contributed by atoms with Crippen LogP contribution in [0.1, 0.15) is 29.7 Å². The van der Waals surface area contributed by atoms with E-state index in [0.717, 1.165) is 18.5 Å². The van der Waals surface area contributed by atoms with Gasteiger partial charge in [0.25, 0.3) is 0 Å². The van der Waals surface area contributed by atoms with E-state index in [1.165, 1.54) is 16.0 Å². The molecule has 2 unspecified atom stereocenters. The lowest BCUT2D eigenvalue weighted by molar-refractivity contribution is 0.529. The first kappa shape index (κ1) is 14.6. The van der Waals surface area contributed by atoms with Crippen molar-refractivity contribution < 1.29 is 4.39 Å². The average Bonchev–Trinajstić information content (AvgIpc) is 2.91. The molecule has 21 heavy (non-hydrogen) atoms. The summed E-state index contributed by atoms with van der Waals surface area (Å²) in [4.78, 5) is 1.38. The van der Waals surface area contributed by atoms with Gasteiger partial charge >= 0.3 is 0 Å². The maximum absolute atomic E-state index is 13.5. The van der Waals surface area contributed by atoms with E-state index < -0.39 is 0 Å². The fraction of sp³-hybridized carbons (Fsp3) is 0.333. The zero-order valence-corrected chi connectivity index (χ0v) is 13.2. The van der Waals surface area contributed by atoms with E-state index >= 15 is 0 Å². The minimum atomic E-state index is -0.128. The number of nitrogens with one attached hydrogen (secondary N) is 1. The Balaban J connectivity index is 1.87. The van der Waals surface area contributed by atoms with Gasteiger partial charge < -0.3 is 5.32 Å². The zero-order chi connectivity index (χ0) is 14.8. The molecule has 0 fully saturated rings. The lowest BCUT2D eigenvalue weighted by atomic mass is 9.97. The Hall–Kier alpha value is -1.32. The van der Waals surface area contributed by atoms with Crippen molar-refractivity contribution in [1.82, 2.24) is 5.32 Å². The van der Waals surface area contributed by atoms with Crippen LogP contribution < -0.4 is 5.32 Å². The normalized spacial score (nSPS) is 18.5. The average molecular weight is 301 g/mol. The highest BCUT2D eigenvalue weighted by atomic mass is 32.2. The lowest BCUT2D eigenvalue weighted by Gasteiger charge is -2.24. The molecular formula is C18H20FNS. The quantitative estimate of drug-likeness (QED) is 0.892. The molecule has 0 amide bonds. The Morgan fingerprint density at radius 1 is 1.29 bits per heavy atom. The number of thioether (sulfide) groups is 1. The van der Waals surface area contributed by atoms with Gasteiger partial charge in [0.05, 0.1) is 0 Å². The lowest BCUT2D eigenvalue weighted by Crippen LogP contribution is -2.30. The highest BCUT2D eigenvalue weighted by Gasteiger charge is 2.30. The molecule has 1 heterocycles. The molecule has 2 aromatic rings.